The van der Waals surface area contributed by atoms with Crippen molar-refractivity contribution in [3.8, 4) is 0 Å². The van der Waals surface area contributed by atoms with Crippen molar-refractivity contribution in [2.45, 2.75) is 24.8 Å². The molecule has 3 atom stereocenters. The first-order valence-electron chi connectivity index (χ1n) is 6.17. The van der Waals surface area contributed by atoms with E-state index in [1.54, 1.807) is 0 Å². The van der Waals surface area contributed by atoms with E-state index in [0.29, 0.717) is 6.42 Å². The fourth-order valence-electron chi connectivity index (χ4n) is 2.43. The largest absolute Gasteiger partial charge is 0.394 e. The van der Waals surface area contributed by atoms with Crippen LogP contribution in [0.4, 0.5) is 5.95 Å². The van der Waals surface area contributed by atoms with E-state index in [-0.39, 0.29) is 23.7 Å². The quantitative estimate of drug-likeness (QED) is 0.397. The highest BCUT2D eigenvalue weighted by molar-refractivity contribution is 5.70. The first-order chi connectivity index (χ1) is 10.1. The van der Waals surface area contributed by atoms with Gasteiger partial charge in [-0.1, -0.05) is 5.11 Å². The molecule has 3 heterocycles. The average molecular weight is 292 g/mol. The molecule has 0 aliphatic carbocycles. The van der Waals surface area contributed by atoms with Crippen LogP contribution in [0.2, 0.25) is 0 Å². The summed E-state index contributed by atoms with van der Waals surface area (Å²) in [5.41, 5.74) is 14.0. The van der Waals surface area contributed by atoms with Crippen molar-refractivity contribution in [1.29, 1.82) is 0 Å². The number of hydrogen-bond acceptors (Lipinski definition) is 7. The van der Waals surface area contributed by atoms with Crippen LogP contribution in [-0.4, -0.2) is 43.4 Å². The van der Waals surface area contributed by atoms with Gasteiger partial charge in [-0.15, -0.1) is 0 Å². The lowest BCUT2D eigenvalue weighted by molar-refractivity contribution is -0.0231. The van der Waals surface area contributed by atoms with Crippen LogP contribution in [0.25, 0.3) is 21.6 Å². The van der Waals surface area contributed by atoms with E-state index in [4.69, 9.17) is 16.0 Å². The standard InChI is InChI=1S/C10H12N8O3/c11-10-14-8-7(9(20)15-10)18(3-13-8)6-1-4(16-17-12)5(2-19)21-6/h3-6,19H,1-2H2,(H3,11,14,15,20)/t4-,5-,6-/m1/s1. The molecule has 1 saturated heterocycles. The van der Waals surface area contributed by atoms with E-state index >= 15 is 0 Å². The molecule has 0 radical (unpaired) electrons. The van der Waals surface area contributed by atoms with Gasteiger partial charge in [-0.3, -0.25) is 14.3 Å². The number of nitrogens with two attached hydrogens (primary N) is 1. The Hall–Kier alpha value is -2.62. The van der Waals surface area contributed by atoms with E-state index in [2.05, 4.69) is 25.0 Å². The number of nitrogens with one attached hydrogen (secondary N) is 1. The molecule has 11 nitrogen and oxygen atoms in total. The number of aliphatic hydroxyl groups excluding tert-OH is 1. The van der Waals surface area contributed by atoms with Crippen LogP contribution in [0.15, 0.2) is 16.2 Å². The molecule has 0 amide bonds. The fourth-order valence-corrected chi connectivity index (χ4v) is 2.43. The number of azide groups is 1. The Morgan fingerprint density at radius 3 is 3.24 bits per heavy atom. The van der Waals surface area contributed by atoms with E-state index in [9.17, 15) is 9.90 Å². The third-order valence-corrected chi connectivity index (χ3v) is 3.35. The number of hydrogen-bond donors (Lipinski definition) is 3. The molecular formula is C10H12N8O3. The number of anilines is 1. The summed E-state index contributed by atoms with van der Waals surface area (Å²) < 4.78 is 7.11. The van der Waals surface area contributed by atoms with Gasteiger partial charge < -0.3 is 15.6 Å². The van der Waals surface area contributed by atoms with Gasteiger partial charge in [0.2, 0.25) is 5.95 Å². The number of aliphatic hydroxyl groups is 1. The Balaban J connectivity index is 2.02. The molecule has 1 fully saturated rings. The van der Waals surface area contributed by atoms with Crippen molar-refractivity contribution in [2.24, 2.45) is 5.11 Å². The van der Waals surface area contributed by atoms with Gasteiger partial charge in [0, 0.05) is 11.3 Å². The minimum atomic E-state index is -0.621. The number of imidazole rings is 1. The monoisotopic (exact) mass is 292 g/mol. The van der Waals surface area contributed by atoms with Crippen LogP contribution in [0.3, 0.4) is 0 Å². The molecule has 21 heavy (non-hydrogen) atoms. The number of rotatable bonds is 3. The minimum absolute atomic E-state index is 0.0229. The second-order valence-corrected chi connectivity index (χ2v) is 4.59. The molecule has 11 heteroatoms. The lowest BCUT2D eigenvalue weighted by Crippen LogP contribution is -2.23. The summed E-state index contributed by atoms with van der Waals surface area (Å²) in [6.45, 7) is -0.283. The topological polar surface area (TPSA) is 168 Å². The highest BCUT2D eigenvalue weighted by Gasteiger charge is 2.36. The highest BCUT2D eigenvalue weighted by Crippen LogP contribution is 2.32. The maximum absolute atomic E-state index is 12.0. The molecule has 2 aromatic heterocycles. The van der Waals surface area contributed by atoms with Gasteiger partial charge in [0.15, 0.2) is 11.2 Å². The lowest BCUT2D eigenvalue weighted by Gasteiger charge is -2.13. The summed E-state index contributed by atoms with van der Waals surface area (Å²) in [5, 5.41) is 12.8. The Kier molecular flexibility index (Phi) is 3.22. The van der Waals surface area contributed by atoms with Crippen LogP contribution < -0.4 is 11.3 Å². The number of ether oxygens (including phenoxy) is 1. The van der Waals surface area contributed by atoms with Gasteiger partial charge in [-0.2, -0.15) is 4.98 Å². The van der Waals surface area contributed by atoms with Crippen LogP contribution in [0.5, 0.6) is 0 Å². The maximum Gasteiger partial charge on any atom is 0.278 e. The fraction of sp³-hybridized carbons (Fsp3) is 0.500. The summed E-state index contributed by atoms with van der Waals surface area (Å²) >= 11 is 0. The van der Waals surface area contributed by atoms with Crippen LogP contribution in [-0.2, 0) is 4.74 Å². The van der Waals surface area contributed by atoms with Gasteiger partial charge in [-0.25, -0.2) is 4.98 Å². The Morgan fingerprint density at radius 2 is 2.52 bits per heavy atom. The van der Waals surface area contributed by atoms with Gasteiger partial charge in [-0.05, 0) is 5.53 Å². The van der Waals surface area contributed by atoms with Crippen molar-refractivity contribution < 1.29 is 9.84 Å². The smallest absolute Gasteiger partial charge is 0.278 e. The van der Waals surface area contributed by atoms with Crippen molar-refractivity contribution in [3.05, 3.63) is 27.1 Å². The van der Waals surface area contributed by atoms with E-state index < -0.39 is 23.9 Å². The van der Waals surface area contributed by atoms with E-state index in [1.165, 1.54) is 10.9 Å². The third-order valence-electron chi connectivity index (χ3n) is 3.35. The number of nitrogen functional groups attached to an aromatic ring is 1. The van der Waals surface area contributed by atoms with Crippen LogP contribution in [0.1, 0.15) is 12.6 Å². The molecule has 3 rings (SSSR count). The Bertz CT molecular complexity index is 776. The summed E-state index contributed by atoms with van der Waals surface area (Å²) in [6, 6.07) is -0.511. The summed E-state index contributed by atoms with van der Waals surface area (Å²) in [6.07, 6.45) is 0.535. The van der Waals surface area contributed by atoms with Crippen LogP contribution in [0, 0.1) is 0 Å². The average Bonchev–Trinajstić information content (AvgIpc) is 3.02. The van der Waals surface area contributed by atoms with Gasteiger partial charge >= 0.3 is 0 Å². The highest BCUT2D eigenvalue weighted by atomic mass is 16.5. The van der Waals surface area contributed by atoms with Gasteiger partial charge in [0.1, 0.15) is 6.23 Å². The molecule has 0 aromatic carbocycles. The normalized spacial score (nSPS) is 25.1. The number of aromatic nitrogens is 4. The van der Waals surface area contributed by atoms with Gasteiger partial charge in [0.25, 0.3) is 5.56 Å². The molecule has 0 saturated carbocycles. The molecule has 0 unspecified atom stereocenters. The number of fused-ring (bicyclic) bond motifs is 1. The Labute approximate surface area is 117 Å². The molecule has 0 bridgehead atoms. The van der Waals surface area contributed by atoms with Crippen molar-refractivity contribution >= 4 is 17.1 Å². The molecule has 1 aliphatic heterocycles. The molecule has 1 aliphatic rings. The van der Waals surface area contributed by atoms with Crippen molar-refractivity contribution in [2.75, 3.05) is 12.3 Å². The molecule has 4 N–H and O–H groups in total. The maximum atomic E-state index is 12.0. The Morgan fingerprint density at radius 1 is 1.71 bits per heavy atom. The third kappa shape index (κ3) is 2.18. The van der Waals surface area contributed by atoms with E-state index in [1.807, 2.05) is 0 Å². The number of nitrogens with zero attached hydrogens (tertiary/aromatic N) is 6. The zero-order valence-corrected chi connectivity index (χ0v) is 10.7. The van der Waals surface area contributed by atoms with Crippen molar-refractivity contribution in [1.82, 2.24) is 19.5 Å². The molecule has 110 valence electrons. The SMILES string of the molecule is [N-]=[N+]=N[C@@H]1C[C@H](n2cnc3nc(N)[nH]c(=O)c32)O[C@@H]1CO. The zero-order valence-electron chi connectivity index (χ0n) is 10.7. The molecular weight excluding hydrogens is 280 g/mol. The van der Waals surface area contributed by atoms with Gasteiger partial charge in [0.05, 0.1) is 25.1 Å². The first kappa shape index (κ1) is 13.4. The minimum Gasteiger partial charge on any atom is -0.394 e. The van der Waals surface area contributed by atoms with E-state index in [0.717, 1.165) is 0 Å². The van der Waals surface area contributed by atoms with Crippen molar-refractivity contribution in [3.63, 3.8) is 0 Å². The molecule has 0 spiro atoms. The second-order valence-electron chi connectivity index (χ2n) is 4.59. The number of aromatic amines is 1. The lowest BCUT2D eigenvalue weighted by atomic mass is 10.1. The second kappa shape index (κ2) is 5.05. The molecule has 2 aromatic rings. The summed E-state index contributed by atoms with van der Waals surface area (Å²) in [5.74, 6) is -0.0229. The number of H-pyrrole nitrogens is 1. The first-order valence-corrected chi connectivity index (χ1v) is 6.17. The zero-order chi connectivity index (χ0) is 15.0. The van der Waals surface area contributed by atoms with Crippen LogP contribution >= 0.6 is 0 Å². The predicted octanol–water partition coefficient (Wildman–Crippen LogP) is -0.340. The summed E-state index contributed by atoms with van der Waals surface area (Å²) in [4.78, 5) is 25.0. The predicted molar refractivity (Wildman–Crippen MR) is 71.1 cm³/mol. The summed E-state index contributed by atoms with van der Waals surface area (Å²) in [7, 11) is 0.